The zero-order valence-corrected chi connectivity index (χ0v) is 24.4. The molecule has 43 heavy (non-hydrogen) atoms. The second kappa shape index (κ2) is 11.0. The predicted molar refractivity (Wildman–Crippen MR) is 160 cm³/mol. The van der Waals surface area contributed by atoms with Crippen molar-refractivity contribution < 1.29 is 18.3 Å². The van der Waals surface area contributed by atoms with Crippen molar-refractivity contribution in [1.82, 2.24) is 29.7 Å². The van der Waals surface area contributed by atoms with E-state index in [1.807, 2.05) is 25.9 Å². The Labute approximate surface area is 247 Å². The normalized spacial score (nSPS) is 18.0. The van der Waals surface area contributed by atoms with E-state index < -0.39 is 17.2 Å². The lowest BCUT2D eigenvalue weighted by Crippen LogP contribution is -2.53. The number of fused-ring (bicyclic) bond motifs is 2. The van der Waals surface area contributed by atoms with E-state index in [4.69, 9.17) is 9.72 Å². The minimum Gasteiger partial charge on any atom is -0.463 e. The quantitative estimate of drug-likeness (QED) is 0.310. The van der Waals surface area contributed by atoms with Gasteiger partial charge < -0.3 is 24.4 Å². The Morgan fingerprint density at radius 1 is 1.19 bits per heavy atom. The number of nitrogens with one attached hydrogen (secondary N) is 1. The van der Waals surface area contributed by atoms with Crippen LogP contribution in [0.25, 0.3) is 33.2 Å². The lowest BCUT2D eigenvalue weighted by molar-refractivity contribution is -0.126. The van der Waals surface area contributed by atoms with Gasteiger partial charge in [0.05, 0.1) is 17.7 Å². The summed E-state index contributed by atoms with van der Waals surface area (Å²) in [6, 6.07) is 6.76. The van der Waals surface area contributed by atoms with Crippen LogP contribution in [-0.2, 0) is 4.79 Å². The highest BCUT2D eigenvalue weighted by atomic mass is 19.1. The summed E-state index contributed by atoms with van der Waals surface area (Å²) in [6.45, 7) is 8.08. The van der Waals surface area contributed by atoms with Crippen LogP contribution < -0.4 is 15.2 Å². The topological polar surface area (TPSA) is 108 Å². The van der Waals surface area contributed by atoms with Crippen LogP contribution >= 0.6 is 0 Å². The van der Waals surface area contributed by atoms with Crippen LogP contribution in [0.2, 0.25) is 0 Å². The van der Waals surface area contributed by atoms with Crippen molar-refractivity contribution in [3.63, 3.8) is 0 Å². The lowest BCUT2D eigenvalue weighted by atomic mass is 10.1. The van der Waals surface area contributed by atoms with Gasteiger partial charge in [-0.25, -0.2) is 13.8 Å². The number of carbonyl (C=O) groups excluding carboxylic acids is 1. The van der Waals surface area contributed by atoms with Gasteiger partial charge in [0.2, 0.25) is 11.5 Å². The summed E-state index contributed by atoms with van der Waals surface area (Å²) in [7, 11) is 4.03. The number of benzene rings is 1. The van der Waals surface area contributed by atoms with Gasteiger partial charge in [0.15, 0.2) is 11.5 Å². The highest BCUT2D eigenvalue weighted by Gasteiger charge is 2.44. The van der Waals surface area contributed by atoms with E-state index in [1.54, 1.807) is 11.0 Å². The zero-order chi connectivity index (χ0) is 30.5. The minimum atomic E-state index is -0.770. The molecule has 3 aromatic heterocycles. The van der Waals surface area contributed by atoms with Crippen molar-refractivity contribution in [2.24, 2.45) is 5.41 Å². The molecule has 2 aliphatic rings. The van der Waals surface area contributed by atoms with Crippen LogP contribution in [0.5, 0.6) is 6.01 Å². The number of rotatable bonds is 8. The Bertz CT molecular complexity index is 1800. The molecule has 224 valence electrons. The van der Waals surface area contributed by atoms with Crippen LogP contribution in [0, 0.1) is 17.0 Å². The first-order valence-corrected chi connectivity index (χ1v) is 14.2. The third-order valence-electron chi connectivity index (χ3n) is 8.17. The predicted octanol–water partition coefficient (Wildman–Crippen LogP) is 3.76. The number of aromatic amines is 1. The Balaban J connectivity index is 1.47. The number of carbonyl (C=O) groups is 1. The average molecular weight is 590 g/mol. The molecule has 1 N–H and O–H groups in total. The van der Waals surface area contributed by atoms with E-state index >= 15 is 4.39 Å². The molecule has 6 rings (SSSR count). The van der Waals surface area contributed by atoms with Gasteiger partial charge >= 0.3 is 6.01 Å². The van der Waals surface area contributed by atoms with Crippen LogP contribution in [-0.4, -0.2) is 88.6 Å². The van der Waals surface area contributed by atoms with E-state index in [2.05, 4.69) is 26.4 Å². The molecule has 1 amide bonds. The SMILES string of the molecule is C=CC(=O)N1CCN(c2nc(OCC3(CN(C)C)CC3)nc3nc(-c4[nH]c(=O)cc5cccc(F)c45)c(F)cc23)[C@@H](C)C1. The van der Waals surface area contributed by atoms with Crippen molar-refractivity contribution in [2.45, 2.75) is 25.8 Å². The van der Waals surface area contributed by atoms with Crippen LogP contribution in [0.1, 0.15) is 19.8 Å². The van der Waals surface area contributed by atoms with Gasteiger partial charge in [-0.15, -0.1) is 0 Å². The number of hydrogen-bond acceptors (Lipinski definition) is 8. The fraction of sp³-hybridized carbons (Fsp3) is 0.387. The van der Waals surface area contributed by atoms with Gasteiger partial charge in [0, 0.05) is 49.1 Å². The molecule has 1 atom stereocenters. The van der Waals surface area contributed by atoms with Crippen LogP contribution in [0.15, 0.2) is 47.8 Å². The first-order chi connectivity index (χ1) is 20.6. The summed E-state index contributed by atoms with van der Waals surface area (Å²) in [4.78, 5) is 46.9. The molecule has 4 aromatic rings. The largest absolute Gasteiger partial charge is 0.463 e. The standard InChI is InChI=1S/C31H33F2N7O3/c1-5-24(42)39-11-12-40(18(2)15-39)29-20-14-22(33)26(27-25-19(13-23(41)34-27)7-6-8-21(25)32)35-28(20)36-30(37-29)43-17-31(9-10-31)16-38(3)4/h5-8,13-14,18H,1,9-12,15-17H2,2-4H3,(H,34,41)/t18-/m0/s1. The molecular weight excluding hydrogens is 556 g/mol. The van der Waals surface area contributed by atoms with Gasteiger partial charge in [-0.1, -0.05) is 18.7 Å². The number of piperazine rings is 1. The second-order valence-corrected chi connectivity index (χ2v) is 11.8. The summed E-state index contributed by atoms with van der Waals surface area (Å²) in [6.07, 6.45) is 3.34. The summed E-state index contributed by atoms with van der Waals surface area (Å²) in [5, 5.41) is 0.708. The molecule has 2 fully saturated rings. The third kappa shape index (κ3) is 5.54. The lowest BCUT2D eigenvalue weighted by Gasteiger charge is -2.40. The van der Waals surface area contributed by atoms with Crippen LogP contribution in [0.4, 0.5) is 14.6 Å². The maximum atomic E-state index is 15.9. The van der Waals surface area contributed by atoms with Crippen LogP contribution in [0.3, 0.4) is 0 Å². The number of H-pyrrole nitrogens is 1. The Kier molecular flexibility index (Phi) is 7.33. The van der Waals surface area contributed by atoms with E-state index in [-0.39, 0.29) is 45.8 Å². The molecule has 4 heterocycles. The van der Waals surface area contributed by atoms with Gasteiger partial charge in [-0.05, 0) is 57.5 Å². The Morgan fingerprint density at radius 3 is 2.67 bits per heavy atom. The summed E-state index contributed by atoms with van der Waals surface area (Å²) in [5.41, 5.74) is -0.682. The number of halogens is 2. The van der Waals surface area contributed by atoms with E-state index in [9.17, 15) is 14.0 Å². The highest BCUT2D eigenvalue weighted by molar-refractivity contribution is 5.96. The molecule has 12 heteroatoms. The number of amides is 1. The maximum absolute atomic E-state index is 15.9. The number of ether oxygens (including phenoxy) is 1. The zero-order valence-electron chi connectivity index (χ0n) is 24.4. The molecule has 0 spiro atoms. The Morgan fingerprint density at radius 2 is 1.98 bits per heavy atom. The first-order valence-electron chi connectivity index (χ1n) is 14.2. The fourth-order valence-electron chi connectivity index (χ4n) is 5.93. The molecule has 0 unspecified atom stereocenters. The second-order valence-electron chi connectivity index (χ2n) is 11.8. The van der Waals surface area contributed by atoms with Gasteiger partial charge in [-0.2, -0.15) is 9.97 Å². The molecule has 1 aromatic carbocycles. The molecule has 0 radical (unpaired) electrons. The number of hydrogen-bond donors (Lipinski definition) is 1. The molecule has 0 bridgehead atoms. The summed E-state index contributed by atoms with van der Waals surface area (Å²) in [5.74, 6) is -1.12. The van der Waals surface area contributed by atoms with Crippen molar-refractivity contribution in [3.8, 4) is 17.4 Å². The third-order valence-corrected chi connectivity index (χ3v) is 8.17. The molecule has 1 aliphatic carbocycles. The molecule has 1 aliphatic heterocycles. The minimum absolute atomic E-state index is 0.00724. The van der Waals surface area contributed by atoms with Gasteiger partial charge in [-0.3, -0.25) is 9.59 Å². The van der Waals surface area contributed by atoms with Crippen molar-refractivity contribution in [3.05, 3.63) is 65.0 Å². The summed E-state index contributed by atoms with van der Waals surface area (Å²) < 4.78 is 37.1. The molecule has 1 saturated carbocycles. The van der Waals surface area contributed by atoms with E-state index in [1.165, 1.54) is 30.3 Å². The average Bonchev–Trinajstić information content (AvgIpc) is 3.73. The van der Waals surface area contributed by atoms with E-state index in [0.717, 1.165) is 19.4 Å². The highest BCUT2D eigenvalue weighted by Crippen LogP contribution is 2.46. The first kappa shape index (κ1) is 28.7. The number of aromatic nitrogens is 4. The van der Waals surface area contributed by atoms with Gasteiger partial charge in [0.25, 0.3) is 0 Å². The number of anilines is 1. The maximum Gasteiger partial charge on any atom is 0.320 e. The number of pyridine rings is 2. The number of nitrogens with zero attached hydrogens (tertiary/aromatic N) is 6. The smallest absolute Gasteiger partial charge is 0.320 e. The van der Waals surface area contributed by atoms with Crippen molar-refractivity contribution >= 4 is 33.5 Å². The van der Waals surface area contributed by atoms with Crippen molar-refractivity contribution in [1.29, 1.82) is 0 Å². The monoisotopic (exact) mass is 589 g/mol. The van der Waals surface area contributed by atoms with E-state index in [0.29, 0.717) is 42.8 Å². The fourth-order valence-corrected chi connectivity index (χ4v) is 5.93. The Hall–Kier alpha value is -4.45. The van der Waals surface area contributed by atoms with Gasteiger partial charge in [0.1, 0.15) is 17.3 Å². The molecular formula is C31H33F2N7O3. The van der Waals surface area contributed by atoms with Crippen molar-refractivity contribution in [2.75, 3.05) is 51.8 Å². The summed E-state index contributed by atoms with van der Waals surface area (Å²) >= 11 is 0. The molecule has 10 nitrogen and oxygen atoms in total. The molecule has 1 saturated heterocycles.